The van der Waals surface area contributed by atoms with Crippen molar-refractivity contribution >= 4 is 5.78 Å². The standard InChI is InChI=1S/C16H20O3/c17-12-7-8-16(10-18-16)13(9-12)15-14(19-15)6-5-11-3-1-2-4-11/h5,7-8,13-15H,1-4,6,9-10H2. The largest absolute Gasteiger partial charge is 0.369 e. The zero-order chi connectivity index (χ0) is 12.9. The van der Waals surface area contributed by atoms with E-state index >= 15 is 0 Å². The highest BCUT2D eigenvalue weighted by Crippen LogP contribution is 2.49. The smallest absolute Gasteiger partial charge is 0.155 e. The third-order valence-electron chi connectivity index (χ3n) is 4.98. The first-order valence-corrected chi connectivity index (χ1v) is 7.46. The van der Waals surface area contributed by atoms with Crippen LogP contribution < -0.4 is 0 Å². The zero-order valence-corrected chi connectivity index (χ0v) is 11.1. The maximum atomic E-state index is 11.6. The van der Waals surface area contributed by atoms with E-state index < -0.39 is 0 Å². The highest BCUT2D eigenvalue weighted by atomic mass is 16.6. The molecule has 0 aromatic heterocycles. The first kappa shape index (κ1) is 11.9. The topological polar surface area (TPSA) is 42.1 Å². The lowest BCUT2D eigenvalue weighted by Gasteiger charge is -2.22. The minimum atomic E-state index is -0.159. The Morgan fingerprint density at radius 1 is 1.37 bits per heavy atom. The van der Waals surface area contributed by atoms with Crippen LogP contribution in [0.15, 0.2) is 23.8 Å². The second kappa shape index (κ2) is 4.29. The summed E-state index contributed by atoms with van der Waals surface area (Å²) in [6, 6.07) is 0. The van der Waals surface area contributed by atoms with Gasteiger partial charge in [-0.3, -0.25) is 4.79 Å². The van der Waals surface area contributed by atoms with Crippen LogP contribution in [0.5, 0.6) is 0 Å². The molecular formula is C16H20O3. The molecule has 2 aliphatic carbocycles. The summed E-state index contributed by atoms with van der Waals surface area (Å²) in [5.74, 6) is 0.464. The highest BCUT2D eigenvalue weighted by Gasteiger charge is 2.60. The van der Waals surface area contributed by atoms with Gasteiger partial charge in [-0.2, -0.15) is 0 Å². The monoisotopic (exact) mass is 260 g/mol. The molecule has 0 N–H and O–H groups in total. The molecule has 19 heavy (non-hydrogen) atoms. The Hall–Kier alpha value is -0.930. The lowest BCUT2D eigenvalue weighted by Crippen LogP contribution is -2.33. The molecule has 3 nitrogen and oxygen atoms in total. The van der Waals surface area contributed by atoms with E-state index in [1.807, 2.05) is 6.08 Å². The number of ether oxygens (including phenoxy) is 2. The summed E-state index contributed by atoms with van der Waals surface area (Å²) >= 11 is 0. The van der Waals surface area contributed by atoms with Crippen LogP contribution in [0, 0.1) is 5.92 Å². The predicted octanol–water partition coefficient (Wildman–Crippen LogP) is 2.56. The lowest BCUT2D eigenvalue weighted by molar-refractivity contribution is -0.116. The maximum Gasteiger partial charge on any atom is 0.155 e. The molecule has 3 heteroatoms. The van der Waals surface area contributed by atoms with Crippen molar-refractivity contribution in [2.75, 3.05) is 6.61 Å². The molecule has 102 valence electrons. The number of hydrogen-bond acceptors (Lipinski definition) is 3. The fraction of sp³-hybridized carbons (Fsp3) is 0.688. The van der Waals surface area contributed by atoms with Crippen molar-refractivity contribution in [3.63, 3.8) is 0 Å². The van der Waals surface area contributed by atoms with Gasteiger partial charge in [-0.25, -0.2) is 0 Å². The molecule has 1 saturated carbocycles. The normalized spacial score (nSPS) is 43.9. The molecule has 1 spiro atoms. The Morgan fingerprint density at radius 3 is 2.89 bits per heavy atom. The van der Waals surface area contributed by atoms with Gasteiger partial charge in [-0.05, 0) is 44.3 Å². The van der Waals surface area contributed by atoms with Crippen molar-refractivity contribution in [1.29, 1.82) is 0 Å². The highest BCUT2D eigenvalue weighted by molar-refractivity contribution is 5.91. The fourth-order valence-electron chi connectivity index (χ4n) is 3.62. The van der Waals surface area contributed by atoms with Crippen LogP contribution in [0.25, 0.3) is 0 Å². The molecule has 4 atom stereocenters. The average Bonchev–Trinajstić information content (AvgIpc) is 3.31. The lowest BCUT2D eigenvalue weighted by atomic mass is 9.80. The number of ketones is 1. The van der Waals surface area contributed by atoms with Crippen LogP contribution in [-0.2, 0) is 14.3 Å². The summed E-state index contributed by atoms with van der Waals surface area (Å²) in [7, 11) is 0. The number of epoxide rings is 2. The third kappa shape index (κ3) is 2.19. The van der Waals surface area contributed by atoms with E-state index in [0.717, 1.165) is 13.0 Å². The molecule has 4 unspecified atom stereocenters. The van der Waals surface area contributed by atoms with Crippen LogP contribution in [0.1, 0.15) is 38.5 Å². The van der Waals surface area contributed by atoms with Crippen molar-refractivity contribution in [3.05, 3.63) is 23.8 Å². The summed E-state index contributed by atoms with van der Waals surface area (Å²) < 4.78 is 11.4. The molecule has 2 aliphatic heterocycles. The Labute approximate surface area is 113 Å². The first-order chi connectivity index (χ1) is 9.27. The van der Waals surface area contributed by atoms with Gasteiger partial charge in [-0.1, -0.05) is 11.6 Å². The summed E-state index contributed by atoms with van der Waals surface area (Å²) in [4.78, 5) is 11.6. The second-order valence-corrected chi connectivity index (χ2v) is 6.30. The quantitative estimate of drug-likeness (QED) is 0.578. The van der Waals surface area contributed by atoms with E-state index in [4.69, 9.17) is 9.47 Å². The van der Waals surface area contributed by atoms with Crippen LogP contribution in [-0.4, -0.2) is 30.2 Å². The van der Waals surface area contributed by atoms with Gasteiger partial charge in [-0.15, -0.1) is 0 Å². The zero-order valence-electron chi connectivity index (χ0n) is 11.1. The van der Waals surface area contributed by atoms with Gasteiger partial charge in [0.1, 0.15) is 5.60 Å². The second-order valence-electron chi connectivity index (χ2n) is 6.30. The van der Waals surface area contributed by atoms with E-state index in [1.54, 1.807) is 11.6 Å². The molecular weight excluding hydrogens is 240 g/mol. The van der Waals surface area contributed by atoms with E-state index in [2.05, 4.69) is 6.08 Å². The Balaban J connectivity index is 1.38. The Kier molecular flexibility index (Phi) is 2.68. The van der Waals surface area contributed by atoms with Gasteiger partial charge >= 0.3 is 0 Å². The number of carbonyl (C=O) groups excluding carboxylic acids is 1. The van der Waals surface area contributed by atoms with E-state index in [0.29, 0.717) is 12.5 Å². The van der Waals surface area contributed by atoms with E-state index in [9.17, 15) is 4.79 Å². The molecule has 2 saturated heterocycles. The maximum absolute atomic E-state index is 11.6. The van der Waals surface area contributed by atoms with Crippen molar-refractivity contribution in [2.24, 2.45) is 5.92 Å². The summed E-state index contributed by atoms with van der Waals surface area (Å²) in [6.45, 7) is 0.759. The van der Waals surface area contributed by atoms with Crippen molar-refractivity contribution in [2.45, 2.75) is 56.3 Å². The minimum Gasteiger partial charge on any atom is -0.369 e. The number of rotatable bonds is 3. The molecule has 0 radical (unpaired) electrons. The minimum absolute atomic E-state index is 0.159. The Morgan fingerprint density at radius 2 is 2.16 bits per heavy atom. The van der Waals surface area contributed by atoms with E-state index in [-0.39, 0.29) is 23.4 Å². The van der Waals surface area contributed by atoms with E-state index in [1.165, 1.54) is 25.7 Å². The van der Waals surface area contributed by atoms with Gasteiger partial charge in [0, 0.05) is 12.3 Å². The molecule has 0 amide bonds. The van der Waals surface area contributed by atoms with Crippen molar-refractivity contribution < 1.29 is 14.3 Å². The molecule has 0 aromatic carbocycles. The number of allylic oxidation sites excluding steroid dienone is 2. The van der Waals surface area contributed by atoms with Crippen LogP contribution in [0.3, 0.4) is 0 Å². The van der Waals surface area contributed by atoms with Crippen molar-refractivity contribution in [3.8, 4) is 0 Å². The Bertz CT molecular complexity index is 451. The van der Waals surface area contributed by atoms with Crippen LogP contribution in [0.4, 0.5) is 0 Å². The molecule has 0 bridgehead atoms. The predicted molar refractivity (Wildman–Crippen MR) is 70.8 cm³/mol. The number of carbonyl (C=O) groups is 1. The summed E-state index contributed by atoms with van der Waals surface area (Å²) in [5, 5.41) is 0. The fourth-order valence-corrected chi connectivity index (χ4v) is 3.62. The molecule has 4 aliphatic rings. The molecule has 0 aromatic rings. The molecule has 4 rings (SSSR count). The average molecular weight is 260 g/mol. The van der Waals surface area contributed by atoms with Gasteiger partial charge in [0.25, 0.3) is 0 Å². The van der Waals surface area contributed by atoms with Gasteiger partial charge < -0.3 is 9.47 Å². The van der Waals surface area contributed by atoms with Crippen molar-refractivity contribution in [1.82, 2.24) is 0 Å². The molecule has 2 heterocycles. The molecule has 3 fully saturated rings. The van der Waals surface area contributed by atoms with Crippen LogP contribution in [0.2, 0.25) is 0 Å². The van der Waals surface area contributed by atoms with Gasteiger partial charge in [0.05, 0.1) is 18.8 Å². The van der Waals surface area contributed by atoms with Crippen LogP contribution >= 0.6 is 0 Å². The third-order valence-corrected chi connectivity index (χ3v) is 4.98. The van der Waals surface area contributed by atoms with Gasteiger partial charge in [0.15, 0.2) is 5.78 Å². The first-order valence-electron chi connectivity index (χ1n) is 7.46. The summed E-state index contributed by atoms with van der Waals surface area (Å²) in [6.07, 6.45) is 13.4. The van der Waals surface area contributed by atoms with Gasteiger partial charge in [0.2, 0.25) is 0 Å². The SMILES string of the molecule is O=C1C=CC2(CO2)C(C2OC2CC=C2CCCC2)C1. The number of hydrogen-bond donors (Lipinski definition) is 0. The summed E-state index contributed by atoms with van der Waals surface area (Å²) in [5.41, 5.74) is 1.44.